The van der Waals surface area contributed by atoms with Crippen LogP contribution in [-0.2, 0) is 19.9 Å². The lowest BCUT2D eigenvalue weighted by Crippen LogP contribution is -2.25. The fourth-order valence-corrected chi connectivity index (χ4v) is 4.07. The number of hydrogen-bond donors (Lipinski definition) is 1. The minimum atomic E-state index is -0.340. The molecule has 0 saturated carbocycles. The largest absolute Gasteiger partial charge is 0.296 e. The Labute approximate surface area is 142 Å². The second-order valence-corrected chi connectivity index (χ2v) is 6.96. The van der Waals surface area contributed by atoms with Gasteiger partial charge in [-0.3, -0.25) is 14.9 Å². The number of carbonyl (C=O) groups excluding carboxylic acids is 1. The number of rotatable bonds is 2. The van der Waals surface area contributed by atoms with Gasteiger partial charge in [0, 0.05) is 17.3 Å². The third-order valence-electron chi connectivity index (χ3n) is 4.24. The summed E-state index contributed by atoms with van der Waals surface area (Å²) in [6.07, 6.45) is 4.33. The van der Waals surface area contributed by atoms with Crippen LogP contribution < -0.4 is 10.9 Å². The van der Waals surface area contributed by atoms with Gasteiger partial charge in [0.25, 0.3) is 11.5 Å². The highest BCUT2D eigenvalue weighted by Gasteiger charge is 2.19. The minimum absolute atomic E-state index is 0.216. The molecule has 2 heterocycles. The van der Waals surface area contributed by atoms with E-state index in [1.54, 1.807) is 31.3 Å². The Morgan fingerprint density at radius 2 is 1.96 bits per heavy atom. The van der Waals surface area contributed by atoms with Crippen molar-refractivity contribution in [1.82, 2.24) is 14.8 Å². The van der Waals surface area contributed by atoms with E-state index in [1.807, 2.05) is 0 Å². The molecule has 0 spiro atoms. The van der Waals surface area contributed by atoms with E-state index in [9.17, 15) is 9.59 Å². The quantitative estimate of drug-likeness (QED) is 0.778. The molecule has 0 radical (unpaired) electrons. The van der Waals surface area contributed by atoms with Gasteiger partial charge in [0.15, 0.2) is 10.8 Å². The van der Waals surface area contributed by atoms with E-state index in [2.05, 4.69) is 15.4 Å². The molecular formula is C17H16N4O2S. The van der Waals surface area contributed by atoms with Crippen molar-refractivity contribution in [1.29, 1.82) is 0 Å². The molecule has 24 heavy (non-hydrogen) atoms. The predicted molar refractivity (Wildman–Crippen MR) is 93.7 cm³/mol. The van der Waals surface area contributed by atoms with Crippen molar-refractivity contribution in [3.05, 3.63) is 50.9 Å². The molecule has 0 aliphatic heterocycles. The van der Waals surface area contributed by atoms with Gasteiger partial charge >= 0.3 is 0 Å². The van der Waals surface area contributed by atoms with Crippen LogP contribution in [0.4, 0.5) is 5.13 Å². The van der Waals surface area contributed by atoms with Crippen molar-refractivity contribution in [3.63, 3.8) is 0 Å². The molecule has 1 amide bonds. The summed E-state index contributed by atoms with van der Waals surface area (Å²) < 4.78 is 1.20. The van der Waals surface area contributed by atoms with E-state index in [4.69, 9.17) is 0 Å². The molecule has 4 rings (SSSR count). The Morgan fingerprint density at radius 1 is 1.21 bits per heavy atom. The average molecular weight is 340 g/mol. The average Bonchev–Trinajstić information content (AvgIpc) is 3.00. The van der Waals surface area contributed by atoms with Gasteiger partial charge in [-0.2, -0.15) is 5.10 Å². The van der Waals surface area contributed by atoms with E-state index in [0.717, 1.165) is 25.0 Å². The maximum atomic E-state index is 12.7. The van der Waals surface area contributed by atoms with Crippen molar-refractivity contribution in [3.8, 4) is 0 Å². The fraction of sp³-hybridized carbons (Fsp3) is 0.294. The molecule has 7 heteroatoms. The van der Waals surface area contributed by atoms with E-state index < -0.39 is 0 Å². The predicted octanol–water partition coefficient (Wildman–Crippen LogP) is 2.52. The first-order chi connectivity index (χ1) is 11.6. The van der Waals surface area contributed by atoms with Crippen LogP contribution in [0, 0.1) is 0 Å². The molecule has 6 nitrogen and oxygen atoms in total. The van der Waals surface area contributed by atoms with Gasteiger partial charge in [0.05, 0.1) is 11.1 Å². The highest BCUT2D eigenvalue weighted by Crippen LogP contribution is 2.29. The number of nitrogens with one attached hydrogen (secondary N) is 1. The van der Waals surface area contributed by atoms with E-state index >= 15 is 0 Å². The topological polar surface area (TPSA) is 76.9 Å². The van der Waals surface area contributed by atoms with Gasteiger partial charge in [-0.1, -0.05) is 18.2 Å². The summed E-state index contributed by atoms with van der Waals surface area (Å²) in [4.78, 5) is 30.6. The summed E-state index contributed by atoms with van der Waals surface area (Å²) in [6.45, 7) is 0. The van der Waals surface area contributed by atoms with Crippen LogP contribution in [0.5, 0.6) is 0 Å². The number of hydrogen-bond acceptors (Lipinski definition) is 5. The van der Waals surface area contributed by atoms with E-state index in [0.29, 0.717) is 15.9 Å². The number of thiazole rings is 1. The second kappa shape index (κ2) is 5.83. The Balaban J connectivity index is 1.72. The maximum absolute atomic E-state index is 12.7. The van der Waals surface area contributed by atoms with Crippen molar-refractivity contribution >= 4 is 33.1 Å². The summed E-state index contributed by atoms with van der Waals surface area (Å²) in [6, 6.07) is 7.02. The van der Waals surface area contributed by atoms with Crippen LogP contribution in [0.25, 0.3) is 10.8 Å². The molecule has 3 aromatic rings. The van der Waals surface area contributed by atoms with Crippen molar-refractivity contribution in [2.75, 3.05) is 5.32 Å². The number of aromatic nitrogens is 3. The van der Waals surface area contributed by atoms with Crippen LogP contribution in [0.15, 0.2) is 29.1 Å². The standard InChI is InChI=1S/C17H16N4O2S/c1-21-16(23)11-7-3-2-6-10(11)14(20-21)15(22)19-17-18-12-8-4-5-9-13(12)24-17/h2-3,6-7H,4-5,8-9H2,1H3,(H,18,19,22). The van der Waals surface area contributed by atoms with Crippen molar-refractivity contribution < 1.29 is 4.79 Å². The Kier molecular flexibility index (Phi) is 3.65. The third-order valence-corrected chi connectivity index (χ3v) is 5.31. The second-order valence-electron chi connectivity index (χ2n) is 5.87. The third kappa shape index (κ3) is 2.50. The highest BCUT2D eigenvalue weighted by atomic mass is 32.1. The zero-order chi connectivity index (χ0) is 16.7. The molecule has 1 aliphatic carbocycles. The Hall–Kier alpha value is -2.54. The van der Waals surface area contributed by atoms with Gasteiger partial charge in [0.2, 0.25) is 0 Å². The number of nitrogens with zero attached hydrogens (tertiary/aromatic N) is 3. The lowest BCUT2D eigenvalue weighted by molar-refractivity contribution is 0.102. The molecule has 0 saturated heterocycles. The summed E-state index contributed by atoms with van der Waals surface area (Å²) in [5, 5.41) is 8.64. The van der Waals surface area contributed by atoms with Gasteiger partial charge in [-0.25, -0.2) is 9.67 Å². The molecule has 0 unspecified atom stereocenters. The first kappa shape index (κ1) is 15.0. The summed E-state index contributed by atoms with van der Waals surface area (Å²) in [5.41, 5.74) is 1.12. The highest BCUT2D eigenvalue weighted by molar-refractivity contribution is 7.15. The van der Waals surface area contributed by atoms with Gasteiger partial charge in [0.1, 0.15) is 0 Å². The molecule has 1 aliphatic rings. The number of anilines is 1. The maximum Gasteiger partial charge on any atom is 0.278 e. The first-order valence-corrected chi connectivity index (χ1v) is 8.71. The molecule has 0 fully saturated rings. The van der Waals surface area contributed by atoms with Crippen LogP contribution >= 0.6 is 11.3 Å². The van der Waals surface area contributed by atoms with Crippen LogP contribution in [0.1, 0.15) is 33.9 Å². The summed E-state index contributed by atoms with van der Waals surface area (Å²) >= 11 is 1.53. The van der Waals surface area contributed by atoms with Gasteiger partial charge in [-0.05, 0) is 31.7 Å². The smallest absolute Gasteiger partial charge is 0.278 e. The van der Waals surface area contributed by atoms with Crippen LogP contribution in [0.2, 0.25) is 0 Å². The lowest BCUT2D eigenvalue weighted by Gasteiger charge is -2.07. The molecule has 0 bridgehead atoms. The van der Waals surface area contributed by atoms with Crippen molar-refractivity contribution in [2.24, 2.45) is 7.05 Å². The normalized spacial score (nSPS) is 13.7. The molecule has 0 atom stereocenters. The SMILES string of the molecule is Cn1nc(C(=O)Nc2nc3c(s2)CCCC3)c2ccccc2c1=O. The summed E-state index contributed by atoms with van der Waals surface area (Å²) in [7, 11) is 1.55. The molecule has 122 valence electrons. The number of amides is 1. The molecular weight excluding hydrogens is 324 g/mol. The minimum Gasteiger partial charge on any atom is -0.296 e. The summed E-state index contributed by atoms with van der Waals surface area (Å²) in [5.74, 6) is -0.340. The number of fused-ring (bicyclic) bond motifs is 2. The van der Waals surface area contributed by atoms with E-state index in [-0.39, 0.29) is 17.2 Å². The zero-order valence-corrected chi connectivity index (χ0v) is 14.0. The number of carbonyl (C=O) groups is 1. The van der Waals surface area contributed by atoms with Crippen molar-refractivity contribution in [2.45, 2.75) is 25.7 Å². The lowest BCUT2D eigenvalue weighted by atomic mass is 10.0. The number of aryl methyl sites for hydroxylation is 3. The Morgan fingerprint density at radius 3 is 2.75 bits per heavy atom. The molecule has 1 aromatic carbocycles. The number of benzene rings is 1. The van der Waals surface area contributed by atoms with Crippen LogP contribution in [0.3, 0.4) is 0 Å². The molecule has 1 N–H and O–H groups in total. The monoisotopic (exact) mass is 340 g/mol. The zero-order valence-electron chi connectivity index (χ0n) is 13.2. The van der Waals surface area contributed by atoms with Crippen LogP contribution in [-0.4, -0.2) is 20.7 Å². The fourth-order valence-electron chi connectivity index (χ4n) is 3.03. The van der Waals surface area contributed by atoms with E-state index in [1.165, 1.54) is 27.3 Å². The van der Waals surface area contributed by atoms with Gasteiger partial charge in [-0.15, -0.1) is 11.3 Å². The first-order valence-electron chi connectivity index (χ1n) is 7.89. The van der Waals surface area contributed by atoms with Gasteiger partial charge < -0.3 is 0 Å². The molecule has 2 aromatic heterocycles. The Bertz CT molecular complexity index is 982.